The van der Waals surface area contributed by atoms with E-state index in [1.165, 1.54) is 0 Å². The molecule has 0 radical (unpaired) electrons. The Kier molecular flexibility index (Phi) is 4.56. The highest BCUT2D eigenvalue weighted by molar-refractivity contribution is 5.80. The molecule has 0 spiro atoms. The Morgan fingerprint density at radius 2 is 1.48 bits per heavy atom. The summed E-state index contributed by atoms with van der Waals surface area (Å²) in [5.74, 6) is -2.20. The molecule has 5 heteroatoms. The van der Waals surface area contributed by atoms with Crippen molar-refractivity contribution in [1.82, 2.24) is 0 Å². The van der Waals surface area contributed by atoms with Crippen molar-refractivity contribution in [2.24, 2.45) is 0 Å². The average Bonchev–Trinajstić information content (AvgIpc) is 2.48. The van der Waals surface area contributed by atoms with Crippen molar-refractivity contribution in [1.29, 1.82) is 0 Å². The lowest BCUT2D eigenvalue weighted by Gasteiger charge is -2.13. The van der Waals surface area contributed by atoms with Gasteiger partial charge in [-0.2, -0.15) is 0 Å². The molecule has 0 aliphatic carbocycles. The summed E-state index contributed by atoms with van der Waals surface area (Å²) in [7, 11) is 0. The van der Waals surface area contributed by atoms with Gasteiger partial charge < -0.3 is 14.9 Å². The normalized spacial score (nSPS) is 11.6. The van der Waals surface area contributed by atoms with Crippen molar-refractivity contribution in [2.45, 2.75) is 12.5 Å². The van der Waals surface area contributed by atoms with Crippen molar-refractivity contribution in [3.05, 3.63) is 54.6 Å². The maximum atomic E-state index is 10.9. The Labute approximate surface area is 121 Å². The zero-order chi connectivity index (χ0) is 15.2. The van der Waals surface area contributed by atoms with E-state index < -0.39 is 24.5 Å². The Morgan fingerprint density at radius 1 is 0.905 bits per heavy atom. The van der Waals surface area contributed by atoms with Gasteiger partial charge in [0.05, 0.1) is 6.42 Å². The van der Waals surface area contributed by atoms with Gasteiger partial charge in [0, 0.05) is 0 Å². The van der Waals surface area contributed by atoms with Gasteiger partial charge in [-0.3, -0.25) is 4.79 Å². The van der Waals surface area contributed by atoms with Crippen LogP contribution in [0.5, 0.6) is 5.75 Å². The first-order valence-electron chi connectivity index (χ1n) is 6.33. The third-order valence-corrected chi connectivity index (χ3v) is 2.88. The molecule has 21 heavy (non-hydrogen) atoms. The van der Waals surface area contributed by atoms with E-state index in [1.54, 1.807) is 24.3 Å². The lowest BCUT2D eigenvalue weighted by molar-refractivity contribution is -0.151. The molecule has 0 amide bonds. The third-order valence-electron chi connectivity index (χ3n) is 2.88. The number of rotatable bonds is 6. The van der Waals surface area contributed by atoms with Gasteiger partial charge in [0.15, 0.2) is 0 Å². The molecular formula is C16H14O5. The van der Waals surface area contributed by atoms with Gasteiger partial charge in [-0.05, 0) is 23.3 Å². The standard InChI is InChI=1S/C16H14O5/c17-15(18)10-14(16(19)20)21-13-8-6-12(7-9-13)11-4-2-1-3-5-11/h1-9,14H,10H2,(H,17,18)(H,19,20)/t14-/m0/s1. The zero-order valence-electron chi connectivity index (χ0n) is 11.1. The number of aliphatic carboxylic acids is 2. The van der Waals surface area contributed by atoms with Crippen molar-refractivity contribution in [3.8, 4) is 16.9 Å². The predicted molar refractivity (Wildman–Crippen MR) is 76.2 cm³/mol. The minimum absolute atomic E-state index is 0.323. The Balaban J connectivity index is 2.11. The lowest BCUT2D eigenvalue weighted by Crippen LogP contribution is -2.29. The van der Waals surface area contributed by atoms with E-state index in [9.17, 15) is 9.59 Å². The summed E-state index contributed by atoms with van der Waals surface area (Å²) in [4.78, 5) is 21.5. The first-order valence-corrected chi connectivity index (χ1v) is 6.33. The van der Waals surface area contributed by atoms with Crippen LogP contribution in [-0.2, 0) is 9.59 Å². The van der Waals surface area contributed by atoms with E-state index in [4.69, 9.17) is 14.9 Å². The lowest BCUT2D eigenvalue weighted by atomic mass is 10.1. The quantitative estimate of drug-likeness (QED) is 0.853. The second kappa shape index (κ2) is 6.56. The molecule has 2 aromatic carbocycles. The maximum Gasteiger partial charge on any atom is 0.345 e. The molecule has 5 nitrogen and oxygen atoms in total. The Bertz CT molecular complexity index is 619. The monoisotopic (exact) mass is 286 g/mol. The molecule has 2 aromatic rings. The van der Waals surface area contributed by atoms with Crippen LogP contribution in [0, 0.1) is 0 Å². The molecular weight excluding hydrogens is 272 g/mol. The van der Waals surface area contributed by atoms with Gasteiger partial charge in [-0.15, -0.1) is 0 Å². The molecule has 1 atom stereocenters. The number of carboxylic acids is 2. The van der Waals surface area contributed by atoms with Gasteiger partial charge in [-0.1, -0.05) is 42.5 Å². The fraction of sp³-hybridized carbons (Fsp3) is 0.125. The number of hydrogen-bond acceptors (Lipinski definition) is 3. The van der Waals surface area contributed by atoms with Crippen molar-refractivity contribution in [3.63, 3.8) is 0 Å². The zero-order valence-corrected chi connectivity index (χ0v) is 11.1. The Morgan fingerprint density at radius 3 is 2.00 bits per heavy atom. The van der Waals surface area contributed by atoms with Crippen LogP contribution in [0.1, 0.15) is 6.42 Å². The van der Waals surface area contributed by atoms with Crippen LogP contribution in [0.25, 0.3) is 11.1 Å². The molecule has 0 aliphatic heterocycles. The van der Waals surface area contributed by atoms with Gasteiger partial charge in [-0.25, -0.2) is 4.79 Å². The van der Waals surface area contributed by atoms with Crippen LogP contribution >= 0.6 is 0 Å². The minimum atomic E-state index is -1.40. The van der Waals surface area contributed by atoms with Crippen molar-refractivity contribution >= 4 is 11.9 Å². The highest BCUT2D eigenvalue weighted by Gasteiger charge is 2.22. The van der Waals surface area contributed by atoms with E-state index in [1.807, 2.05) is 30.3 Å². The smallest absolute Gasteiger partial charge is 0.345 e. The molecule has 0 saturated heterocycles. The summed E-state index contributed by atoms with van der Waals surface area (Å²) in [5, 5.41) is 17.6. The molecule has 0 aromatic heterocycles. The molecule has 0 heterocycles. The number of ether oxygens (including phenoxy) is 1. The fourth-order valence-electron chi connectivity index (χ4n) is 1.86. The molecule has 0 saturated carbocycles. The Hall–Kier alpha value is -2.82. The summed E-state index contributed by atoms with van der Waals surface area (Å²) >= 11 is 0. The summed E-state index contributed by atoms with van der Waals surface area (Å²) in [6.07, 6.45) is -1.99. The largest absolute Gasteiger partial charge is 0.481 e. The van der Waals surface area contributed by atoms with Gasteiger partial charge in [0.2, 0.25) is 6.10 Å². The van der Waals surface area contributed by atoms with Crippen LogP contribution < -0.4 is 4.74 Å². The highest BCUT2D eigenvalue weighted by atomic mass is 16.5. The summed E-state index contributed by atoms with van der Waals surface area (Å²) < 4.78 is 5.20. The topological polar surface area (TPSA) is 83.8 Å². The van der Waals surface area contributed by atoms with E-state index in [-0.39, 0.29) is 0 Å². The van der Waals surface area contributed by atoms with Crippen LogP contribution in [0.15, 0.2) is 54.6 Å². The highest BCUT2D eigenvalue weighted by Crippen LogP contribution is 2.23. The SMILES string of the molecule is O=C(O)C[C@H](Oc1ccc(-c2ccccc2)cc1)C(=O)O. The fourth-order valence-corrected chi connectivity index (χ4v) is 1.86. The molecule has 108 valence electrons. The van der Waals surface area contributed by atoms with Crippen LogP contribution in [0.4, 0.5) is 0 Å². The van der Waals surface area contributed by atoms with Gasteiger partial charge in [0.25, 0.3) is 0 Å². The van der Waals surface area contributed by atoms with Crippen LogP contribution in [-0.4, -0.2) is 28.3 Å². The average molecular weight is 286 g/mol. The van der Waals surface area contributed by atoms with Crippen LogP contribution in [0.3, 0.4) is 0 Å². The molecule has 0 unspecified atom stereocenters. The van der Waals surface area contributed by atoms with E-state index >= 15 is 0 Å². The molecule has 2 rings (SSSR count). The summed E-state index contributed by atoms with van der Waals surface area (Å²) in [5.41, 5.74) is 2.00. The van der Waals surface area contributed by atoms with Gasteiger partial charge >= 0.3 is 11.9 Å². The summed E-state index contributed by atoms with van der Waals surface area (Å²) in [6, 6.07) is 16.5. The number of hydrogen-bond donors (Lipinski definition) is 2. The summed E-state index contributed by atoms with van der Waals surface area (Å²) in [6.45, 7) is 0. The minimum Gasteiger partial charge on any atom is -0.481 e. The van der Waals surface area contributed by atoms with E-state index in [0.717, 1.165) is 11.1 Å². The van der Waals surface area contributed by atoms with Crippen molar-refractivity contribution < 1.29 is 24.5 Å². The molecule has 0 fully saturated rings. The molecule has 0 aliphatic rings. The van der Waals surface area contributed by atoms with Crippen LogP contribution in [0.2, 0.25) is 0 Å². The molecule has 0 bridgehead atoms. The third kappa shape index (κ3) is 4.07. The molecule has 2 N–H and O–H groups in total. The number of carboxylic acid groups (broad SMARTS) is 2. The first kappa shape index (κ1) is 14.6. The predicted octanol–water partition coefficient (Wildman–Crippen LogP) is 2.66. The number of benzene rings is 2. The van der Waals surface area contributed by atoms with Gasteiger partial charge in [0.1, 0.15) is 5.75 Å². The first-order chi connectivity index (χ1) is 10.1. The second-order valence-electron chi connectivity index (χ2n) is 4.43. The second-order valence-corrected chi connectivity index (χ2v) is 4.43. The number of carbonyl (C=O) groups is 2. The van der Waals surface area contributed by atoms with E-state index in [0.29, 0.717) is 5.75 Å². The maximum absolute atomic E-state index is 10.9. The van der Waals surface area contributed by atoms with E-state index in [2.05, 4.69) is 0 Å². The van der Waals surface area contributed by atoms with Crippen molar-refractivity contribution in [2.75, 3.05) is 0 Å².